The first-order valence-electron chi connectivity index (χ1n) is 6.71. The number of ether oxygens (including phenoxy) is 1. The Labute approximate surface area is 137 Å². The number of aromatic hydroxyl groups is 1. The lowest BCUT2D eigenvalue weighted by molar-refractivity contribution is 0.0693. The number of carbonyl (C=O) groups excluding carboxylic acids is 1. The molecule has 0 radical (unpaired) electrons. The lowest BCUT2D eigenvalue weighted by atomic mass is 10.2. The van der Waals surface area contributed by atoms with E-state index >= 15 is 0 Å². The van der Waals surface area contributed by atoms with Gasteiger partial charge < -0.3 is 14.9 Å². The predicted octanol–water partition coefficient (Wildman–Crippen LogP) is 3.78. The summed E-state index contributed by atoms with van der Waals surface area (Å²) in [5.41, 5.74) is -0.495. The van der Waals surface area contributed by atoms with E-state index in [4.69, 9.17) is 9.84 Å². The summed E-state index contributed by atoms with van der Waals surface area (Å²) < 4.78 is 5.19. The number of rotatable bonds is 5. The van der Waals surface area contributed by atoms with Gasteiger partial charge in [-0.25, -0.2) is 9.59 Å². The summed E-state index contributed by atoms with van der Waals surface area (Å²) in [7, 11) is 0. The van der Waals surface area contributed by atoms with Crippen LogP contribution < -0.4 is 5.32 Å². The number of phenols is 1. The van der Waals surface area contributed by atoms with E-state index in [-0.39, 0.29) is 17.0 Å². The summed E-state index contributed by atoms with van der Waals surface area (Å²) in [4.78, 5) is 23.7. The molecule has 0 bridgehead atoms. The topological polar surface area (TPSA) is 95.9 Å². The highest BCUT2D eigenvalue weighted by molar-refractivity contribution is 7.99. The van der Waals surface area contributed by atoms with Crippen LogP contribution >= 0.6 is 11.8 Å². The molecule has 7 heteroatoms. The largest absolute Gasteiger partial charge is 0.507 e. The third-order valence-electron chi connectivity index (χ3n) is 2.79. The number of carboxylic acids is 1. The first-order chi connectivity index (χ1) is 11.0. The molecule has 6 nitrogen and oxygen atoms in total. The second-order valence-corrected chi connectivity index (χ2v) is 5.94. The Morgan fingerprint density at radius 2 is 1.87 bits per heavy atom. The molecule has 23 heavy (non-hydrogen) atoms. The molecule has 2 aromatic rings. The van der Waals surface area contributed by atoms with Crippen LogP contribution in [0.5, 0.6) is 5.75 Å². The normalized spacial score (nSPS) is 11.5. The molecule has 0 aliphatic rings. The molecule has 2 aromatic carbocycles. The molecule has 120 valence electrons. The van der Waals surface area contributed by atoms with Gasteiger partial charge in [-0.2, -0.15) is 0 Å². The first kappa shape index (κ1) is 16.7. The fourth-order valence-electron chi connectivity index (χ4n) is 1.80. The fourth-order valence-corrected chi connectivity index (χ4v) is 2.63. The van der Waals surface area contributed by atoms with Crippen LogP contribution in [0.25, 0.3) is 0 Å². The highest BCUT2D eigenvalue weighted by Gasteiger charge is 2.14. The molecule has 3 N–H and O–H groups in total. The summed E-state index contributed by atoms with van der Waals surface area (Å²) in [5.74, 6) is -1.66. The van der Waals surface area contributed by atoms with Gasteiger partial charge >= 0.3 is 12.1 Å². The second-order valence-electron chi connectivity index (χ2n) is 4.57. The predicted molar refractivity (Wildman–Crippen MR) is 86.9 cm³/mol. The van der Waals surface area contributed by atoms with Crippen LogP contribution in [0.1, 0.15) is 17.3 Å². The van der Waals surface area contributed by atoms with Crippen molar-refractivity contribution in [1.82, 2.24) is 0 Å². The standard InChI is InChI=1S/C16H15NO5S/c1-10(23-12-5-3-2-4-6-12)22-16(21)17-11-7-8-14(18)13(9-11)15(19)20/h2-10,18H,1H3,(H,17,21)(H,19,20). The van der Waals surface area contributed by atoms with Crippen molar-refractivity contribution in [2.75, 3.05) is 5.32 Å². The van der Waals surface area contributed by atoms with Crippen molar-refractivity contribution in [3.8, 4) is 5.75 Å². The van der Waals surface area contributed by atoms with Gasteiger partial charge in [-0.3, -0.25) is 5.32 Å². The Morgan fingerprint density at radius 3 is 2.52 bits per heavy atom. The van der Waals surface area contributed by atoms with Crippen molar-refractivity contribution in [2.24, 2.45) is 0 Å². The Hall–Kier alpha value is -2.67. The van der Waals surface area contributed by atoms with E-state index in [2.05, 4.69) is 5.32 Å². The molecule has 2 rings (SSSR count). The summed E-state index contributed by atoms with van der Waals surface area (Å²) in [6.45, 7) is 1.73. The molecule has 0 aliphatic heterocycles. The molecule has 1 amide bonds. The molecule has 0 saturated carbocycles. The maximum absolute atomic E-state index is 11.8. The van der Waals surface area contributed by atoms with Crippen LogP contribution in [0.2, 0.25) is 0 Å². The zero-order valence-corrected chi connectivity index (χ0v) is 13.0. The average Bonchev–Trinajstić information content (AvgIpc) is 2.49. The first-order valence-corrected chi connectivity index (χ1v) is 7.59. The molecule has 0 spiro atoms. The zero-order valence-electron chi connectivity index (χ0n) is 12.2. The number of aromatic carboxylic acids is 1. The highest BCUT2D eigenvalue weighted by atomic mass is 32.2. The minimum atomic E-state index is -1.28. The molecule has 1 unspecified atom stereocenters. The maximum atomic E-state index is 11.8. The summed E-state index contributed by atoms with van der Waals surface area (Å²) in [6.07, 6.45) is -0.706. The lowest BCUT2D eigenvalue weighted by Gasteiger charge is -2.14. The van der Waals surface area contributed by atoms with E-state index < -0.39 is 17.5 Å². The van der Waals surface area contributed by atoms with E-state index in [1.807, 2.05) is 30.3 Å². The molecule has 0 saturated heterocycles. The molecule has 0 fully saturated rings. The van der Waals surface area contributed by atoms with Crippen LogP contribution in [-0.2, 0) is 4.74 Å². The van der Waals surface area contributed by atoms with Gasteiger partial charge in [-0.05, 0) is 37.3 Å². The summed E-state index contributed by atoms with van der Waals surface area (Å²) in [6, 6.07) is 13.2. The number of hydrogen-bond donors (Lipinski definition) is 3. The Morgan fingerprint density at radius 1 is 1.17 bits per heavy atom. The monoisotopic (exact) mass is 333 g/mol. The van der Waals surface area contributed by atoms with Gasteiger partial charge in [0.05, 0.1) is 0 Å². The molecule has 1 atom stereocenters. The third-order valence-corrected chi connectivity index (χ3v) is 3.76. The van der Waals surface area contributed by atoms with Crippen molar-refractivity contribution >= 4 is 29.5 Å². The van der Waals surface area contributed by atoms with E-state index in [1.54, 1.807) is 6.92 Å². The Kier molecular flexibility index (Phi) is 5.48. The van der Waals surface area contributed by atoms with Crippen LogP contribution in [0.15, 0.2) is 53.4 Å². The van der Waals surface area contributed by atoms with Gasteiger partial charge in [-0.15, -0.1) is 0 Å². The van der Waals surface area contributed by atoms with E-state index in [9.17, 15) is 14.7 Å². The van der Waals surface area contributed by atoms with Gasteiger partial charge in [-0.1, -0.05) is 30.0 Å². The van der Waals surface area contributed by atoms with Gasteiger partial charge in [0.15, 0.2) is 5.44 Å². The van der Waals surface area contributed by atoms with Crippen molar-refractivity contribution < 1.29 is 24.5 Å². The lowest BCUT2D eigenvalue weighted by Crippen LogP contribution is -2.18. The third kappa shape index (κ3) is 4.93. The average molecular weight is 333 g/mol. The van der Waals surface area contributed by atoms with Crippen molar-refractivity contribution in [2.45, 2.75) is 17.3 Å². The van der Waals surface area contributed by atoms with Crippen LogP contribution in [0.3, 0.4) is 0 Å². The smallest absolute Gasteiger partial charge is 0.412 e. The summed E-state index contributed by atoms with van der Waals surface area (Å²) >= 11 is 1.38. The van der Waals surface area contributed by atoms with Crippen molar-refractivity contribution in [1.29, 1.82) is 0 Å². The van der Waals surface area contributed by atoms with E-state index in [0.717, 1.165) is 11.0 Å². The minimum Gasteiger partial charge on any atom is -0.507 e. The molecule has 0 aliphatic carbocycles. The fraction of sp³-hybridized carbons (Fsp3) is 0.125. The maximum Gasteiger partial charge on any atom is 0.412 e. The number of carboxylic acid groups (broad SMARTS) is 1. The number of benzene rings is 2. The van der Waals surface area contributed by atoms with Gasteiger partial charge in [0.2, 0.25) is 0 Å². The van der Waals surface area contributed by atoms with E-state index in [0.29, 0.717) is 0 Å². The summed E-state index contributed by atoms with van der Waals surface area (Å²) in [5, 5.41) is 20.8. The number of anilines is 1. The SMILES string of the molecule is CC(OC(=O)Nc1ccc(O)c(C(=O)O)c1)Sc1ccccc1. The Balaban J connectivity index is 1.94. The molecule has 0 heterocycles. The number of carbonyl (C=O) groups is 2. The number of amides is 1. The van der Waals surface area contributed by atoms with Crippen molar-refractivity contribution in [3.05, 3.63) is 54.1 Å². The van der Waals surface area contributed by atoms with Gasteiger partial charge in [0, 0.05) is 10.6 Å². The van der Waals surface area contributed by atoms with Gasteiger partial charge in [0.25, 0.3) is 0 Å². The quantitative estimate of drug-likeness (QED) is 0.438. The number of hydrogen-bond acceptors (Lipinski definition) is 5. The van der Waals surface area contributed by atoms with Crippen molar-refractivity contribution in [3.63, 3.8) is 0 Å². The van der Waals surface area contributed by atoms with Crippen LogP contribution in [-0.4, -0.2) is 27.7 Å². The Bertz CT molecular complexity index is 705. The highest BCUT2D eigenvalue weighted by Crippen LogP contribution is 2.25. The second kappa shape index (κ2) is 7.55. The van der Waals surface area contributed by atoms with Crippen LogP contribution in [0, 0.1) is 0 Å². The molecular formula is C16H15NO5S. The number of thioether (sulfide) groups is 1. The zero-order chi connectivity index (χ0) is 16.8. The minimum absolute atomic E-state index is 0.224. The van der Waals surface area contributed by atoms with Gasteiger partial charge in [0.1, 0.15) is 11.3 Å². The molecular weight excluding hydrogens is 318 g/mol. The number of nitrogens with one attached hydrogen (secondary N) is 1. The van der Waals surface area contributed by atoms with Crippen LogP contribution in [0.4, 0.5) is 10.5 Å². The van der Waals surface area contributed by atoms with E-state index in [1.165, 1.54) is 23.9 Å². The molecule has 0 aromatic heterocycles.